The molecule has 3 unspecified atom stereocenters. The Morgan fingerprint density at radius 1 is 1.23 bits per heavy atom. The molecule has 4 saturated carbocycles. The smallest absolute Gasteiger partial charge is 0.229 e. The van der Waals surface area contributed by atoms with Crippen LogP contribution in [-0.2, 0) is 21.2 Å². The SMILES string of the molecule is CS(=O)(=O)Nc1ccc(CC2CCN(C3C4CC5CC3CC(O)(C5)C4)C2=O)c(Cl)c1. The van der Waals surface area contributed by atoms with Gasteiger partial charge in [0.15, 0.2) is 0 Å². The summed E-state index contributed by atoms with van der Waals surface area (Å²) >= 11 is 6.40. The van der Waals surface area contributed by atoms with E-state index >= 15 is 0 Å². The van der Waals surface area contributed by atoms with Crippen LogP contribution < -0.4 is 4.72 Å². The molecule has 5 aliphatic rings. The van der Waals surface area contributed by atoms with Gasteiger partial charge in [0.05, 0.1) is 11.9 Å². The van der Waals surface area contributed by atoms with Crippen LogP contribution in [0.2, 0.25) is 5.02 Å². The van der Waals surface area contributed by atoms with E-state index in [9.17, 15) is 18.3 Å². The molecule has 1 aromatic rings. The van der Waals surface area contributed by atoms with Gasteiger partial charge in [0.1, 0.15) is 0 Å². The molecule has 1 heterocycles. The monoisotopic (exact) mass is 452 g/mol. The summed E-state index contributed by atoms with van der Waals surface area (Å²) in [5, 5.41) is 11.3. The van der Waals surface area contributed by atoms with Crippen molar-refractivity contribution in [1.82, 2.24) is 4.90 Å². The van der Waals surface area contributed by atoms with Crippen molar-refractivity contribution in [2.45, 2.75) is 56.6 Å². The zero-order chi connectivity index (χ0) is 21.3. The van der Waals surface area contributed by atoms with E-state index in [1.807, 2.05) is 6.07 Å². The van der Waals surface area contributed by atoms with Crippen molar-refractivity contribution in [3.8, 4) is 0 Å². The number of hydrogen-bond acceptors (Lipinski definition) is 4. The number of carbonyl (C=O) groups excluding carboxylic acids is 1. The van der Waals surface area contributed by atoms with E-state index in [0.717, 1.165) is 56.9 Å². The standard InChI is InChI=1S/C22H29ClN2O4S/c1-30(28,29)24-18-3-2-14(19(23)9-18)8-15-4-5-25(21(15)26)20-16-6-13-7-17(20)12-22(27,10-13)11-16/h2-3,9,13,15-17,20,24,27H,4-8,10-12H2,1H3. The lowest BCUT2D eigenvalue weighted by Crippen LogP contribution is -2.62. The molecule has 1 aliphatic heterocycles. The number of amides is 1. The summed E-state index contributed by atoms with van der Waals surface area (Å²) in [6.45, 7) is 0.787. The van der Waals surface area contributed by atoms with Crippen LogP contribution in [0.25, 0.3) is 0 Å². The average Bonchev–Trinajstić information content (AvgIpc) is 2.95. The highest BCUT2D eigenvalue weighted by atomic mass is 35.5. The fraction of sp³-hybridized carbons (Fsp3) is 0.682. The third-order valence-electron chi connectivity index (χ3n) is 7.72. The van der Waals surface area contributed by atoms with Gasteiger partial charge >= 0.3 is 0 Å². The van der Waals surface area contributed by atoms with Crippen LogP contribution in [0.5, 0.6) is 0 Å². The van der Waals surface area contributed by atoms with Gasteiger partial charge in [-0.2, -0.15) is 0 Å². The van der Waals surface area contributed by atoms with Crippen molar-refractivity contribution in [1.29, 1.82) is 0 Å². The molecular formula is C22H29ClN2O4S. The Balaban J connectivity index is 1.28. The van der Waals surface area contributed by atoms with Gasteiger partial charge in [-0.05, 0) is 80.4 Å². The summed E-state index contributed by atoms with van der Waals surface area (Å²) in [6.07, 6.45) is 7.44. The van der Waals surface area contributed by atoms with Gasteiger partial charge in [-0.15, -0.1) is 0 Å². The second-order valence-electron chi connectivity index (χ2n) is 10.1. The molecule has 8 heteroatoms. The molecule has 1 aromatic carbocycles. The zero-order valence-electron chi connectivity index (χ0n) is 17.2. The third kappa shape index (κ3) is 3.73. The van der Waals surface area contributed by atoms with Crippen LogP contribution in [-0.4, -0.2) is 48.8 Å². The van der Waals surface area contributed by atoms with Gasteiger partial charge in [-0.3, -0.25) is 9.52 Å². The number of rotatable bonds is 5. The second kappa shape index (κ2) is 7.10. The van der Waals surface area contributed by atoms with Crippen LogP contribution in [0.4, 0.5) is 5.69 Å². The van der Waals surface area contributed by atoms with Crippen LogP contribution in [0, 0.1) is 23.7 Å². The molecule has 5 fully saturated rings. The van der Waals surface area contributed by atoms with E-state index < -0.39 is 15.6 Å². The van der Waals surface area contributed by atoms with Crippen LogP contribution >= 0.6 is 11.6 Å². The van der Waals surface area contributed by atoms with E-state index in [4.69, 9.17) is 11.6 Å². The van der Waals surface area contributed by atoms with E-state index in [-0.39, 0.29) is 17.9 Å². The Morgan fingerprint density at radius 3 is 2.53 bits per heavy atom. The number of likely N-dealkylation sites (tertiary alicyclic amines) is 1. The molecular weight excluding hydrogens is 424 g/mol. The molecule has 4 aliphatic carbocycles. The average molecular weight is 453 g/mol. The number of halogens is 1. The number of nitrogens with one attached hydrogen (secondary N) is 1. The maximum atomic E-state index is 13.3. The van der Waals surface area contributed by atoms with E-state index in [1.165, 1.54) is 0 Å². The largest absolute Gasteiger partial charge is 0.390 e. The number of nitrogens with zero attached hydrogens (tertiary/aromatic N) is 1. The Labute approximate surface area is 183 Å². The molecule has 6 rings (SSSR count). The lowest BCUT2D eigenvalue weighted by molar-refractivity contribution is -0.168. The summed E-state index contributed by atoms with van der Waals surface area (Å²) < 4.78 is 25.2. The van der Waals surface area contributed by atoms with E-state index in [1.54, 1.807) is 12.1 Å². The topological polar surface area (TPSA) is 86.7 Å². The normalized spacial score (nSPS) is 37.8. The summed E-state index contributed by atoms with van der Waals surface area (Å²) in [5.41, 5.74) is 0.817. The van der Waals surface area contributed by atoms with E-state index in [2.05, 4.69) is 9.62 Å². The highest BCUT2D eigenvalue weighted by Gasteiger charge is 2.57. The molecule has 0 spiro atoms. The van der Waals surface area contributed by atoms with Crippen LogP contribution in [0.15, 0.2) is 18.2 Å². The Bertz CT molecular complexity index is 965. The zero-order valence-corrected chi connectivity index (χ0v) is 18.8. The van der Waals surface area contributed by atoms with Gasteiger partial charge in [0.25, 0.3) is 0 Å². The molecule has 1 amide bonds. The first-order chi connectivity index (χ1) is 14.1. The number of carbonyl (C=O) groups is 1. The van der Waals surface area contributed by atoms with Gasteiger partial charge in [0.2, 0.25) is 15.9 Å². The maximum Gasteiger partial charge on any atom is 0.229 e. The number of hydrogen-bond donors (Lipinski definition) is 2. The molecule has 6 nitrogen and oxygen atoms in total. The Hall–Kier alpha value is -1.31. The van der Waals surface area contributed by atoms with Crippen molar-refractivity contribution in [3.05, 3.63) is 28.8 Å². The van der Waals surface area contributed by atoms with Crippen molar-refractivity contribution in [2.75, 3.05) is 17.5 Å². The Kier molecular flexibility index (Phi) is 4.88. The summed E-state index contributed by atoms with van der Waals surface area (Å²) in [5.74, 6) is 1.64. The molecule has 164 valence electrons. The minimum absolute atomic E-state index is 0.0866. The van der Waals surface area contributed by atoms with Crippen LogP contribution in [0.1, 0.15) is 44.1 Å². The van der Waals surface area contributed by atoms with Crippen molar-refractivity contribution < 1.29 is 18.3 Å². The highest BCUT2D eigenvalue weighted by Crippen LogP contribution is 2.57. The van der Waals surface area contributed by atoms with Gasteiger partial charge in [-0.1, -0.05) is 17.7 Å². The predicted octanol–water partition coefficient (Wildman–Crippen LogP) is 3.04. The molecule has 0 aromatic heterocycles. The van der Waals surface area contributed by atoms with Crippen molar-refractivity contribution >= 4 is 33.2 Å². The highest BCUT2D eigenvalue weighted by molar-refractivity contribution is 7.92. The fourth-order valence-corrected chi connectivity index (χ4v) is 7.78. The van der Waals surface area contributed by atoms with Gasteiger partial charge in [-0.25, -0.2) is 8.42 Å². The number of anilines is 1. The molecule has 30 heavy (non-hydrogen) atoms. The number of benzene rings is 1. The van der Waals surface area contributed by atoms with Crippen LogP contribution in [0.3, 0.4) is 0 Å². The molecule has 3 atom stereocenters. The molecule has 1 saturated heterocycles. The van der Waals surface area contributed by atoms with E-state index in [0.29, 0.717) is 34.9 Å². The van der Waals surface area contributed by atoms with Gasteiger partial charge < -0.3 is 10.0 Å². The second-order valence-corrected chi connectivity index (χ2v) is 12.2. The molecule has 0 radical (unpaired) electrons. The first-order valence-corrected chi connectivity index (χ1v) is 13.2. The minimum Gasteiger partial charge on any atom is -0.390 e. The predicted molar refractivity (Wildman–Crippen MR) is 116 cm³/mol. The fourth-order valence-electron chi connectivity index (χ4n) is 6.97. The third-order valence-corrected chi connectivity index (χ3v) is 8.68. The lowest BCUT2D eigenvalue weighted by Gasteiger charge is -2.59. The molecule has 2 N–H and O–H groups in total. The summed E-state index contributed by atoms with van der Waals surface area (Å²) in [4.78, 5) is 15.4. The Morgan fingerprint density at radius 2 is 1.93 bits per heavy atom. The number of aliphatic hydroxyl groups is 1. The van der Waals surface area contributed by atoms with Gasteiger partial charge in [0, 0.05) is 29.2 Å². The maximum absolute atomic E-state index is 13.3. The quantitative estimate of drug-likeness (QED) is 0.718. The minimum atomic E-state index is -3.36. The summed E-state index contributed by atoms with van der Waals surface area (Å²) in [7, 11) is -3.36. The number of sulfonamides is 1. The summed E-state index contributed by atoms with van der Waals surface area (Å²) in [6, 6.07) is 5.39. The first-order valence-electron chi connectivity index (χ1n) is 10.9. The van der Waals surface area contributed by atoms with Crippen molar-refractivity contribution in [2.24, 2.45) is 23.7 Å². The lowest BCUT2D eigenvalue weighted by atomic mass is 9.52. The molecule has 4 bridgehead atoms. The first kappa shape index (κ1) is 20.6. The van der Waals surface area contributed by atoms with Crippen molar-refractivity contribution in [3.63, 3.8) is 0 Å².